The van der Waals surface area contributed by atoms with Crippen LogP contribution in [0.25, 0.3) is 0 Å². The fraction of sp³-hybridized carbons (Fsp3) is 0.200. The molecule has 0 fully saturated rings. The first-order valence-electron chi connectivity index (χ1n) is 9.88. The van der Waals surface area contributed by atoms with Crippen LogP contribution in [0.4, 0.5) is 5.69 Å². The molecule has 1 unspecified atom stereocenters. The van der Waals surface area contributed by atoms with E-state index < -0.39 is 6.04 Å². The van der Waals surface area contributed by atoms with E-state index in [1.807, 2.05) is 69.3 Å². The van der Waals surface area contributed by atoms with Crippen LogP contribution >= 0.6 is 11.6 Å². The Labute approximate surface area is 181 Å². The van der Waals surface area contributed by atoms with E-state index in [-0.39, 0.29) is 11.8 Å². The molecule has 0 aromatic heterocycles. The number of anilines is 1. The Morgan fingerprint density at radius 1 is 1.00 bits per heavy atom. The van der Waals surface area contributed by atoms with Gasteiger partial charge in [0, 0.05) is 22.8 Å². The summed E-state index contributed by atoms with van der Waals surface area (Å²) in [6.07, 6.45) is 0. The van der Waals surface area contributed by atoms with Crippen LogP contribution in [-0.2, 0) is 11.3 Å². The average molecular weight is 419 g/mol. The van der Waals surface area contributed by atoms with E-state index in [1.165, 1.54) is 0 Å². The van der Waals surface area contributed by atoms with Gasteiger partial charge in [0.05, 0.1) is 0 Å². The second-order valence-corrected chi connectivity index (χ2v) is 8.25. The third-order valence-corrected chi connectivity index (χ3v) is 5.71. The van der Waals surface area contributed by atoms with Gasteiger partial charge in [-0.1, -0.05) is 59.6 Å². The van der Waals surface area contributed by atoms with Gasteiger partial charge in [-0.25, -0.2) is 0 Å². The van der Waals surface area contributed by atoms with Crippen molar-refractivity contribution in [2.24, 2.45) is 0 Å². The molecule has 3 aromatic carbocycles. The molecule has 0 radical (unpaired) electrons. The van der Waals surface area contributed by atoms with Gasteiger partial charge < -0.3 is 10.2 Å². The zero-order chi connectivity index (χ0) is 21.4. The normalized spacial score (nSPS) is 15.3. The number of nitrogens with one attached hydrogen (secondary N) is 1. The first-order chi connectivity index (χ1) is 14.3. The Hall–Kier alpha value is -3.11. The maximum absolute atomic E-state index is 13.4. The number of nitrogens with zero attached hydrogens (tertiary/aromatic N) is 1. The zero-order valence-electron chi connectivity index (χ0n) is 17.2. The maximum Gasteiger partial charge on any atom is 0.255 e. The zero-order valence-corrected chi connectivity index (χ0v) is 18.0. The van der Waals surface area contributed by atoms with Gasteiger partial charge in [0.25, 0.3) is 11.8 Å². The predicted molar refractivity (Wildman–Crippen MR) is 120 cm³/mol. The molecule has 0 saturated heterocycles. The molecule has 4 rings (SSSR count). The molecule has 0 aliphatic carbocycles. The van der Waals surface area contributed by atoms with Gasteiger partial charge in [0.2, 0.25) is 0 Å². The summed E-state index contributed by atoms with van der Waals surface area (Å²) in [6, 6.07) is 18.1. The lowest BCUT2D eigenvalue weighted by Crippen LogP contribution is -2.35. The van der Waals surface area contributed by atoms with Crippen LogP contribution in [-0.4, -0.2) is 16.7 Å². The third kappa shape index (κ3) is 3.71. The number of carbonyl (C=O) groups excluding carboxylic acids is 2. The number of amides is 2. The van der Waals surface area contributed by atoms with E-state index in [4.69, 9.17) is 11.6 Å². The molecule has 1 aliphatic heterocycles. The van der Waals surface area contributed by atoms with Crippen molar-refractivity contribution in [3.8, 4) is 0 Å². The summed E-state index contributed by atoms with van der Waals surface area (Å²) in [4.78, 5) is 28.2. The lowest BCUT2D eigenvalue weighted by molar-refractivity contribution is -0.120. The van der Waals surface area contributed by atoms with E-state index in [2.05, 4.69) is 5.32 Å². The molecule has 152 valence electrons. The highest BCUT2D eigenvalue weighted by molar-refractivity contribution is 6.30. The van der Waals surface area contributed by atoms with Crippen LogP contribution < -0.4 is 5.32 Å². The number of halogens is 1. The van der Waals surface area contributed by atoms with E-state index in [0.29, 0.717) is 17.1 Å². The summed E-state index contributed by atoms with van der Waals surface area (Å²) in [5.74, 6) is -0.367. The molecule has 1 aliphatic rings. The molecule has 1 N–H and O–H groups in total. The minimum Gasteiger partial charge on any atom is -0.323 e. The van der Waals surface area contributed by atoms with Gasteiger partial charge in [0.15, 0.2) is 0 Å². The highest BCUT2D eigenvalue weighted by Crippen LogP contribution is 2.36. The second kappa shape index (κ2) is 7.96. The Bertz CT molecular complexity index is 1130. The molecule has 5 heteroatoms. The predicted octanol–water partition coefficient (Wildman–Crippen LogP) is 5.60. The minimum atomic E-state index is -0.701. The number of aryl methyl sites for hydroxylation is 3. The molecule has 0 spiro atoms. The van der Waals surface area contributed by atoms with E-state index in [9.17, 15) is 9.59 Å². The summed E-state index contributed by atoms with van der Waals surface area (Å²) in [5.41, 5.74) is 6.11. The van der Waals surface area contributed by atoms with Crippen LogP contribution in [0, 0.1) is 20.8 Å². The van der Waals surface area contributed by atoms with Crippen molar-refractivity contribution in [3.63, 3.8) is 0 Å². The van der Waals surface area contributed by atoms with Crippen molar-refractivity contribution >= 4 is 29.1 Å². The standard InChI is InChI=1S/C25H23ClN2O2/c1-15-11-16(2)22(17(3)12-15)27-24(29)23-20-9-4-5-10-21(20)25(30)28(23)14-18-7-6-8-19(26)13-18/h4-13,23H,14H2,1-3H3,(H,27,29). The van der Waals surface area contributed by atoms with Gasteiger partial charge in [-0.15, -0.1) is 0 Å². The fourth-order valence-electron chi connectivity index (χ4n) is 4.22. The third-order valence-electron chi connectivity index (χ3n) is 5.47. The summed E-state index contributed by atoms with van der Waals surface area (Å²) in [7, 11) is 0. The molecule has 2 amide bonds. The van der Waals surface area contributed by atoms with Crippen molar-refractivity contribution in [3.05, 3.63) is 99.1 Å². The second-order valence-electron chi connectivity index (χ2n) is 7.82. The molecule has 1 atom stereocenters. The topological polar surface area (TPSA) is 49.4 Å². The van der Waals surface area contributed by atoms with Crippen LogP contribution in [0.1, 0.15) is 44.2 Å². The first-order valence-corrected chi connectivity index (χ1v) is 10.3. The first kappa shape index (κ1) is 20.2. The van der Waals surface area contributed by atoms with Gasteiger partial charge in [0.1, 0.15) is 6.04 Å². The van der Waals surface area contributed by atoms with Gasteiger partial charge >= 0.3 is 0 Å². The Morgan fingerprint density at radius 2 is 1.70 bits per heavy atom. The van der Waals surface area contributed by atoms with Crippen molar-refractivity contribution in [2.75, 3.05) is 5.32 Å². The van der Waals surface area contributed by atoms with Crippen LogP contribution in [0.3, 0.4) is 0 Å². The SMILES string of the molecule is Cc1cc(C)c(NC(=O)C2c3ccccc3C(=O)N2Cc2cccc(Cl)c2)c(C)c1. The highest BCUT2D eigenvalue weighted by atomic mass is 35.5. The number of hydrogen-bond acceptors (Lipinski definition) is 2. The van der Waals surface area contributed by atoms with Crippen LogP contribution in [0.2, 0.25) is 5.02 Å². The Kier molecular flexibility index (Phi) is 5.35. The molecular formula is C25H23ClN2O2. The molecule has 4 nitrogen and oxygen atoms in total. The van der Waals surface area contributed by atoms with Crippen molar-refractivity contribution in [2.45, 2.75) is 33.4 Å². The van der Waals surface area contributed by atoms with Crippen LogP contribution in [0.15, 0.2) is 60.7 Å². The summed E-state index contributed by atoms with van der Waals surface area (Å²) < 4.78 is 0. The number of benzene rings is 3. The fourth-order valence-corrected chi connectivity index (χ4v) is 4.43. The smallest absolute Gasteiger partial charge is 0.255 e. The lowest BCUT2D eigenvalue weighted by Gasteiger charge is -2.25. The van der Waals surface area contributed by atoms with Gasteiger partial charge in [-0.3, -0.25) is 9.59 Å². The Balaban J connectivity index is 1.70. The quantitative estimate of drug-likeness (QED) is 0.599. The Morgan fingerprint density at radius 3 is 2.40 bits per heavy atom. The molecule has 0 bridgehead atoms. The van der Waals surface area contributed by atoms with Crippen molar-refractivity contribution in [1.82, 2.24) is 4.90 Å². The van der Waals surface area contributed by atoms with Crippen molar-refractivity contribution in [1.29, 1.82) is 0 Å². The summed E-state index contributed by atoms with van der Waals surface area (Å²) >= 11 is 6.13. The number of carbonyl (C=O) groups is 2. The number of rotatable bonds is 4. The van der Waals surface area contributed by atoms with Gasteiger partial charge in [-0.05, 0) is 61.2 Å². The lowest BCUT2D eigenvalue weighted by atomic mass is 10.0. The average Bonchev–Trinajstić information content (AvgIpc) is 2.97. The number of fused-ring (bicyclic) bond motifs is 1. The summed E-state index contributed by atoms with van der Waals surface area (Å²) in [5, 5.41) is 3.68. The minimum absolute atomic E-state index is 0.150. The van der Waals surface area contributed by atoms with E-state index in [1.54, 1.807) is 17.0 Å². The van der Waals surface area contributed by atoms with E-state index >= 15 is 0 Å². The number of hydrogen-bond donors (Lipinski definition) is 1. The van der Waals surface area contributed by atoms with Crippen molar-refractivity contribution < 1.29 is 9.59 Å². The monoisotopic (exact) mass is 418 g/mol. The molecule has 1 heterocycles. The molecule has 30 heavy (non-hydrogen) atoms. The maximum atomic E-state index is 13.4. The van der Waals surface area contributed by atoms with Crippen LogP contribution in [0.5, 0.6) is 0 Å². The highest BCUT2D eigenvalue weighted by Gasteiger charge is 2.41. The molecular weight excluding hydrogens is 396 g/mol. The molecule has 3 aromatic rings. The summed E-state index contributed by atoms with van der Waals surface area (Å²) in [6.45, 7) is 6.29. The largest absolute Gasteiger partial charge is 0.323 e. The van der Waals surface area contributed by atoms with E-state index in [0.717, 1.165) is 33.5 Å². The van der Waals surface area contributed by atoms with Gasteiger partial charge in [-0.2, -0.15) is 0 Å². The molecule has 0 saturated carbocycles.